The fraction of sp³-hybridized carbons (Fsp3) is 0.432. The summed E-state index contributed by atoms with van der Waals surface area (Å²) in [6, 6.07) is 13.6. The van der Waals surface area contributed by atoms with E-state index in [1.807, 2.05) is 42.7 Å². The quantitative estimate of drug-likeness (QED) is 0.107. The Labute approximate surface area is 288 Å². The third kappa shape index (κ3) is 9.04. The van der Waals surface area contributed by atoms with Gasteiger partial charge in [0.05, 0.1) is 17.0 Å². The average Bonchev–Trinajstić information content (AvgIpc) is 3.34. The Morgan fingerprint density at radius 3 is 2.38 bits per heavy atom. The van der Waals surface area contributed by atoms with Crippen LogP contribution in [0.2, 0.25) is 10.0 Å². The summed E-state index contributed by atoms with van der Waals surface area (Å²) < 4.78 is 28.5. The first-order chi connectivity index (χ1) is 22.5. The molecule has 1 aliphatic rings. The van der Waals surface area contributed by atoms with Crippen molar-refractivity contribution in [2.45, 2.75) is 78.2 Å². The fourth-order valence-corrected chi connectivity index (χ4v) is 8.16. The molecular formula is C37H43Cl2N3O4S. The zero-order valence-corrected chi connectivity index (χ0v) is 29.5. The van der Waals surface area contributed by atoms with Gasteiger partial charge in [-0.25, -0.2) is 8.42 Å². The van der Waals surface area contributed by atoms with Crippen molar-refractivity contribution in [2.75, 3.05) is 18.1 Å². The molecule has 250 valence electrons. The number of hydrogen-bond acceptors (Lipinski definition) is 5. The summed E-state index contributed by atoms with van der Waals surface area (Å²) in [7, 11) is -3.81. The standard InChI is InChI=1S/C37H43Cl2N3O4S/c1-25-19-27(20-26(2)35(25)39)9-6-7-13-32-31-15-14-30(38)21-33(31)42(23-28-10-8-16-40-22-28)36(32)34(43)24-47(45,46)18-17-41-37(44)29-11-4-3-5-12-29/h8,10,14-16,19-22,29H,3-7,9,11-13,17-18,23-24H2,1-2H3,(H,41,44). The molecule has 0 bridgehead atoms. The summed E-state index contributed by atoms with van der Waals surface area (Å²) in [5, 5.41) is 5.01. The van der Waals surface area contributed by atoms with Crippen LogP contribution in [0.5, 0.6) is 0 Å². The number of ketones is 1. The Kier molecular flexibility index (Phi) is 11.8. The Balaban J connectivity index is 1.38. The molecule has 1 fully saturated rings. The summed E-state index contributed by atoms with van der Waals surface area (Å²) in [5.41, 5.74) is 6.20. The summed E-state index contributed by atoms with van der Waals surface area (Å²) in [6.45, 7) is 4.36. The lowest BCUT2D eigenvalue weighted by Crippen LogP contribution is -2.36. The van der Waals surface area contributed by atoms with E-state index in [1.165, 1.54) is 5.56 Å². The number of carbonyl (C=O) groups is 2. The molecule has 0 saturated heterocycles. The van der Waals surface area contributed by atoms with Gasteiger partial charge >= 0.3 is 0 Å². The molecular weight excluding hydrogens is 653 g/mol. The van der Waals surface area contributed by atoms with E-state index in [-0.39, 0.29) is 24.1 Å². The van der Waals surface area contributed by atoms with Crippen molar-refractivity contribution < 1.29 is 18.0 Å². The Bertz CT molecular complexity index is 1830. The number of nitrogens with zero attached hydrogens (tertiary/aromatic N) is 2. The highest BCUT2D eigenvalue weighted by Gasteiger charge is 2.28. The van der Waals surface area contributed by atoms with E-state index in [2.05, 4.69) is 22.4 Å². The second-order valence-corrected chi connectivity index (χ2v) is 15.8. The van der Waals surface area contributed by atoms with Crippen LogP contribution in [0.1, 0.15) is 83.3 Å². The van der Waals surface area contributed by atoms with Gasteiger partial charge < -0.3 is 9.88 Å². The second-order valence-electron chi connectivity index (χ2n) is 12.8. The molecule has 0 atom stereocenters. The normalized spacial score (nSPS) is 14.0. The monoisotopic (exact) mass is 695 g/mol. The Morgan fingerprint density at radius 2 is 1.68 bits per heavy atom. The average molecular weight is 697 g/mol. The lowest BCUT2D eigenvalue weighted by molar-refractivity contribution is -0.125. The molecule has 1 saturated carbocycles. The van der Waals surface area contributed by atoms with Gasteiger partial charge in [0.25, 0.3) is 0 Å². The molecule has 2 aromatic carbocycles. The molecule has 5 rings (SSSR count). The van der Waals surface area contributed by atoms with E-state index >= 15 is 0 Å². The van der Waals surface area contributed by atoms with Gasteiger partial charge in [-0.15, -0.1) is 0 Å². The molecule has 0 unspecified atom stereocenters. The minimum absolute atomic E-state index is 0.00424. The largest absolute Gasteiger partial charge is 0.355 e. The summed E-state index contributed by atoms with van der Waals surface area (Å²) in [6.07, 6.45) is 11.4. The van der Waals surface area contributed by atoms with Crippen LogP contribution in [-0.2, 0) is 34.0 Å². The number of Topliss-reactive ketones (excluding diaryl/α,β-unsaturated/α-hetero) is 1. The van der Waals surface area contributed by atoms with Crippen molar-refractivity contribution in [3.05, 3.63) is 98.4 Å². The zero-order chi connectivity index (χ0) is 33.6. The van der Waals surface area contributed by atoms with Crippen molar-refractivity contribution in [1.82, 2.24) is 14.9 Å². The summed E-state index contributed by atoms with van der Waals surface area (Å²) in [4.78, 5) is 30.9. The van der Waals surface area contributed by atoms with E-state index in [4.69, 9.17) is 23.2 Å². The van der Waals surface area contributed by atoms with Crippen molar-refractivity contribution in [3.63, 3.8) is 0 Å². The van der Waals surface area contributed by atoms with Crippen LogP contribution in [0.4, 0.5) is 0 Å². The molecule has 10 heteroatoms. The predicted molar refractivity (Wildman–Crippen MR) is 190 cm³/mol. The van der Waals surface area contributed by atoms with Gasteiger partial charge in [-0.3, -0.25) is 14.6 Å². The maximum atomic E-state index is 14.1. The van der Waals surface area contributed by atoms with E-state index in [1.54, 1.807) is 18.5 Å². The molecule has 2 heterocycles. The minimum Gasteiger partial charge on any atom is -0.355 e. The zero-order valence-electron chi connectivity index (χ0n) is 27.2. The lowest BCUT2D eigenvalue weighted by atomic mass is 9.89. The second kappa shape index (κ2) is 15.8. The number of pyridine rings is 1. The first-order valence-corrected chi connectivity index (χ1v) is 19.1. The predicted octanol–water partition coefficient (Wildman–Crippen LogP) is 7.87. The molecule has 2 aromatic heterocycles. The van der Waals surface area contributed by atoms with Gasteiger partial charge in [-0.1, -0.05) is 66.7 Å². The van der Waals surface area contributed by atoms with Crippen molar-refractivity contribution >= 4 is 55.6 Å². The first kappa shape index (κ1) is 35.1. The molecule has 1 aliphatic carbocycles. The van der Waals surface area contributed by atoms with Crippen molar-refractivity contribution in [3.8, 4) is 0 Å². The number of rotatable bonds is 14. The Hall–Kier alpha value is -3.20. The van der Waals surface area contributed by atoms with Gasteiger partial charge in [-0.2, -0.15) is 0 Å². The molecule has 1 amide bonds. The summed E-state index contributed by atoms with van der Waals surface area (Å²) in [5.74, 6) is -1.54. The topological polar surface area (TPSA) is 98.1 Å². The number of halogens is 2. The van der Waals surface area contributed by atoms with E-state index in [0.29, 0.717) is 23.7 Å². The highest BCUT2D eigenvalue weighted by Crippen LogP contribution is 2.32. The van der Waals surface area contributed by atoms with Gasteiger partial charge in [0.2, 0.25) is 5.91 Å². The van der Waals surface area contributed by atoms with E-state index in [0.717, 1.165) is 89.5 Å². The van der Waals surface area contributed by atoms with E-state index in [9.17, 15) is 18.0 Å². The summed E-state index contributed by atoms with van der Waals surface area (Å²) >= 11 is 12.8. The number of nitrogens with one attached hydrogen (secondary N) is 1. The highest BCUT2D eigenvalue weighted by atomic mass is 35.5. The van der Waals surface area contributed by atoms with Gasteiger partial charge in [0.1, 0.15) is 5.75 Å². The van der Waals surface area contributed by atoms with Crippen LogP contribution in [0.25, 0.3) is 10.9 Å². The number of hydrogen-bond donors (Lipinski definition) is 1. The molecule has 4 aromatic rings. The molecule has 1 N–H and O–H groups in total. The molecule has 7 nitrogen and oxygen atoms in total. The van der Waals surface area contributed by atoms with Gasteiger partial charge in [0, 0.05) is 46.8 Å². The van der Waals surface area contributed by atoms with Crippen molar-refractivity contribution in [1.29, 1.82) is 0 Å². The molecule has 0 aliphatic heterocycles. The number of amides is 1. The molecule has 0 radical (unpaired) electrons. The molecule has 47 heavy (non-hydrogen) atoms. The third-order valence-corrected chi connectivity index (χ3v) is 11.5. The SMILES string of the molecule is Cc1cc(CCCCc2c(C(=O)CS(=O)(=O)CCNC(=O)C3CCCCC3)n(Cc3cccnc3)c3cc(Cl)ccc23)cc(C)c1Cl. The van der Waals surface area contributed by atoms with Crippen LogP contribution in [0, 0.1) is 19.8 Å². The van der Waals surface area contributed by atoms with Gasteiger partial charge in [-0.05, 0) is 98.4 Å². The number of carbonyl (C=O) groups excluding carboxylic acids is 2. The minimum atomic E-state index is -3.81. The highest BCUT2D eigenvalue weighted by molar-refractivity contribution is 7.92. The number of benzene rings is 2. The van der Waals surface area contributed by atoms with Crippen molar-refractivity contribution in [2.24, 2.45) is 5.92 Å². The number of unbranched alkanes of at least 4 members (excludes halogenated alkanes) is 1. The van der Waals surface area contributed by atoms with Crippen LogP contribution >= 0.6 is 23.2 Å². The smallest absolute Gasteiger partial charge is 0.223 e. The number of aryl methyl sites for hydroxylation is 4. The Morgan fingerprint density at radius 1 is 0.957 bits per heavy atom. The number of fused-ring (bicyclic) bond motifs is 1. The van der Waals surface area contributed by atoms with Crippen LogP contribution in [-0.4, -0.2) is 47.7 Å². The molecule has 0 spiro atoms. The third-order valence-electron chi connectivity index (χ3n) is 9.14. The van der Waals surface area contributed by atoms with Crippen LogP contribution in [0.3, 0.4) is 0 Å². The maximum absolute atomic E-state index is 14.1. The fourth-order valence-electron chi connectivity index (χ4n) is 6.79. The first-order valence-electron chi connectivity index (χ1n) is 16.5. The van der Waals surface area contributed by atoms with Gasteiger partial charge in [0.15, 0.2) is 15.6 Å². The van der Waals surface area contributed by atoms with E-state index < -0.39 is 21.4 Å². The van der Waals surface area contributed by atoms with Crippen LogP contribution in [0.15, 0.2) is 54.9 Å². The lowest BCUT2D eigenvalue weighted by Gasteiger charge is -2.20. The number of sulfone groups is 1. The van der Waals surface area contributed by atoms with Crippen LogP contribution < -0.4 is 5.32 Å². The number of aromatic nitrogens is 2. The maximum Gasteiger partial charge on any atom is 0.223 e.